The first kappa shape index (κ1) is 13.5. The molecule has 1 N–H and O–H groups in total. The van der Waals surface area contributed by atoms with Crippen LogP contribution in [0.4, 0.5) is 0 Å². The first-order chi connectivity index (χ1) is 9.20. The van der Waals surface area contributed by atoms with Crippen molar-refractivity contribution < 1.29 is 19.4 Å². The van der Waals surface area contributed by atoms with Gasteiger partial charge in [-0.2, -0.15) is 0 Å². The minimum absolute atomic E-state index is 0.0510. The van der Waals surface area contributed by atoms with Gasteiger partial charge < -0.3 is 14.6 Å². The summed E-state index contributed by atoms with van der Waals surface area (Å²) in [5.41, 5.74) is 0.899. The van der Waals surface area contributed by atoms with Gasteiger partial charge in [-0.05, 0) is 12.1 Å². The zero-order chi connectivity index (χ0) is 13.7. The molecule has 5 nitrogen and oxygen atoms in total. The van der Waals surface area contributed by atoms with Crippen molar-refractivity contribution in [2.75, 3.05) is 13.2 Å². The predicted molar refractivity (Wildman–Crippen MR) is 70.0 cm³/mol. The van der Waals surface area contributed by atoms with E-state index in [2.05, 4.69) is 4.99 Å². The fourth-order valence-electron chi connectivity index (χ4n) is 1.99. The molecule has 102 valence electrons. The first-order valence-electron chi connectivity index (χ1n) is 6.25. The molecule has 1 aliphatic heterocycles. The Morgan fingerprint density at radius 1 is 1.53 bits per heavy atom. The fraction of sp³-hybridized carbons (Fsp3) is 0.429. The number of nitrogens with zero attached hydrogens (tertiary/aromatic N) is 1. The predicted octanol–water partition coefficient (Wildman–Crippen LogP) is 1.15. The minimum Gasteiger partial charge on any atom is -0.475 e. The molecule has 0 aliphatic carbocycles. The van der Waals surface area contributed by atoms with Crippen LogP contribution in [-0.2, 0) is 14.3 Å². The van der Waals surface area contributed by atoms with Crippen molar-refractivity contribution in [1.29, 1.82) is 0 Å². The molecule has 2 atom stereocenters. The standard InChI is InChI=1S/C14H17NO4/c1-10(17)19-13(7-8-16)12-9-18-14(15-12)11-5-3-2-4-6-11/h2-6,12-13,16H,7-9H2,1H3/t12-,13-/m0/s1. The molecule has 0 bridgehead atoms. The molecule has 0 unspecified atom stereocenters. The molecule has 2 rings (SSSR count). The lowest BCUT2D eigenvalue weighted by Crippen LogP contribution is -2.31. The molecule has 19 heavy (non-hydrogen) atoms. The number of hydrogen-bond acceptors (Lipinski definition) is 5. The van der Waals surface area contributed by atoms with E-state index in [-0.39, 0.29) is 18.6 Å². The maximum Gasteiger partial charge on any atom is 0.302 e. The average Bonchev–Trinajstić information content (AvgIpc) is 2.88. The maximum atomic E-state index is 11.0. The van der Waals surface area contributed by atoms with E-state index in [1.807, 2.05) is 30.3 Å². The highest BCUT2D eigenvalue weighted by molar-refractivity contribution is 5.95. The van der Waals surface area contributed by atoms with Gasteiger partial charge in [0.1, 0.15) is 18.8 Å². The summed E-state index contributed by atoms with van der Waals surface area (Å²) in [6, 6.07) is 9.30. The van der Waals surface area contributed by atoms with Crippen LogP contribution < -0.4 is 0 Å². The number of rotatable bonds is 5. The topological polar surface area (TPSA) is 68.1 Å². The number of benzene rings is 1. The van der Waals surface area contributed by atoms with Crippen molar-refractivity contribution in [3.05, 3.63) is 35.9 Å². The number of ether oxygens (including phenoxy) is 2. The lowest BCUT2D eigenvalue weighted by Gasteiger charge is -2.18. The van der Waals surface area contributed by atoms with Gasteiger partial charge in [0.2, 0.25) is 5.90 Å². The Labute approximate surface area is 111 Å². The molecule has 0 spiro atoms. The Bertz CT molecular complexity index is 458. The first-order valence-corrected chi connectivity index (χ1v) is 6.25. The largest absolute Gasteiger partial charge is 0.475 e. The van der Waals surface area contributed by atoms with Gasteiger partial charge in [-0.25, -0.2) is 4.99 Å². The van der Waals surface area contributed by atoms with Gasteiger partial charge in [-0.15, -0.1) is 0 Å². The van der Waals surface area contributed by atoms with Gasteiger partial charge in [0.05, 0.1) is 0 Å². The molecule has 0 amide bonds. The highest BCUT2D eigenvalue weighted by Crippen LogP contribution is 2.18. The molecule has 0 fully saturated rings. The molecule has 0 saturated heterocycles. The summed E-state index contributed by atoms with van der Waals surface area (Å²) in [5.74, 6) is 0.183. The van der Waals surface area contributed by atoms with E-state index >= 15 is 0 Å². The van der Waals surface area contributed by atoms with E-state index in [0.29, 0.717) is 18.9 Å². The second-order valence-electron chi connectivity index (χ2n) is 4.34. The summed E-state index contributed by atoms with van der Waals surface area (Å²) in [5, 5.41) is 9.01. The summed E-state index contributed by atoms with van der Waals surface area (Å²) < 4.78 is 10.7. The second-order valence-corrected chi connectivity index (χ2v) is 4.34. The van der Waals surface area contributed by atoms with Gasteiger partial charge in [-0.1, -0.05) is 18.2 Å². The number of aliphatic imine (C=N–C) groups is 1. The molecule has 1 aromatic rings. The van der Waals surface area contributed by atoms with Crippen molar-refractivity contribution >= 4 is 11.9 Å². The molecule has 1 heterocycles. The van der Waals surface area contributed by atoms with Crippen molar-refractivity contribution in [3.8, 4) is 0 Å². The molecule has 0 radical (unpaired) electrons. The van der Waals surface area contributed by atoms with Crippen LogP contribution in [0.3, 0.4) is 0 Å². The zero-order valence-electron chi connectivity index (χ0n) is 10.8. The number of hydrogen-bond donors (Lipinski definition) is 1. The van der Waals surface area contributed by atoms with Crippen LogP contribution in [-0.4, -0.2) is 42.3 Å². The monoisotopic (exact) mass is 263 g/mol. The smallest absolute Gasteiger partial charge is 0.302 e. The molecular formula is C14H17NO4. The van der Waals surface area contributed by atoms with E-state index < -0.39 is 6.10 Å². The maximum absolute atomic E-state index is 11.0. The van der Waals surface area contributed by atoms with Crippen LogP contribution >= 0.6 is 0 Å². The Kier molecular flexibility index (Phi) is 4.52. The highest BCUT2D eigenvalue weighted by Gasteiger charge is 2.29. The van der Waals surface area contributed by atoms with Crippen LogP contribution in [0.1, 0.15) is 18.9 Å². The van der Waals surface area contributed by atoms with Crippen molar-refractivity contribution in [3.63, 3.8) is 0 Å². The SMILES string of the molecule is CC(=O)O[C@@H](CCO)[C@@H]1COC(c2ccccc2)=N1. The summed E-state index contributed by atoms with van der Waals surface area (Å²) in [4.78, 5) is 15.5. The number of carbonyl (C=O) groups excluding carboxylic acids is 1. The van der Waals surface area contributed by atoms with Crippen LogP contribution in [0.25, 0.3) is 0 Å². The van der Waals surface area contributed by atoms with Gasteiger partial charge >= 0.3 is 5.97 Å². The van der Waals surface area contributed by atoms with E-state index in [9.17, 15) is 4.79 Å². The third kappa shape index (κ3) is 3.54. The summed E-state index contributed by atoms with van der Waals surface area (Å²) in [6.07, 6.45) is -0.0807. The Morgan fingerprint density at radius 2 is 2.26 bits per heavy atom. The Hall–Kier alpha value is -1.88. The van der Waals surface area contributed by atoms with Crippen LogP contribution in [0.5, 0.6) is 0 Å². The molecule has 5 heteroatoms. The van der Waals surface area contributed by atoms with Crippen molar-refractivity contribution in [2.45, 2.75) is 25.5 Å². The third-order valence-electron chi connectivity index (χ3n) is 2.85. The third-order valence-corrected chi connectivity index (χ3v) is 2.85. The molecular weight excluding hydrogens is 246 g/mol. The van der Waals surface area contributed by atoms with Gasteiger partial charge in [-0.3, -0.25) is 4.79 Å². The fourth-order valence-corrected chi connectivity index (χ4v) is 1.99. The lowest BCUT2D eigenvalue weighted by atomic mass is 10.1. The van der Waals surface area contributed by atoms with E-state index in [4.69, 9.17) is 14.6 Å². The quantitative estimate of drug-likeness (QED) is 0.809. The van der Waals surface area contributed by atoms with Gasteiger partial charge in [0.15, 0.2) is 0 Å². The molecule has 0 aromatic heterocycles. The summed E-state index contributed by atoms with van der Waals surface area (Å²) >= 11 is 0. The molecule has 1 aliphatic rings. The molecule has 1 aromatic carbocycles. The van der Waals surface area contributed by atoms with Crippen LogP contribution in [0.2, 0.25) is 0 Å². The van der Waals surface area contributed by atoms with Crippen LogP contribution in [0, 0.1) is 0 Å². The minimum atomic E-state index is -0.441. The zero-order valence-corrected chi connectivity index (χ0v) is 10.8. The van der Waals surface area contributed by atoms with E-state index in [1.54, 1.807) is 0 Å². The number of aliphatic hydroxyl groups is 1. The molecule has 0 saturated carbocycles. The Morgan fingerprint density at radius 3 is 2.89 bits per heavy atom. The normalized spacial score (nSPS) is 19.5. The highest BCUT2D eigenvalue weighted by atomic mass is 16.5. The summed E-state index contributed by atoms with van der Waals surface area (Å²) in [7, 11) is 0. The average molecular weight is 263 g/mol. The number of aliphatic hydroxyl groups excluding tert-OH is 1. The van der Waals surface area contributed by atoms with Gasteiger partial charge in [0.25, 0.3) is 0 Å². The van der Waals surface area contributed by atoms with E-state index in [1.165, 1.54) is 6.92 Å². The lowest BCUT2D eigenvalue weighted by molar-refractivity contribution is -0.148. The number of esters is 1. The summed E-state index contributed by atoms with van der Waals surface area (Å²) in [6.45, 7) is 1.66. The van der Waals surface area contributed by atoms with E-state index in [0.717, 1.165) is 5.56 Å². The second kappa shape index (κ2) is 6.33. The van der Waals surface area contributed by atoms with Crippen molar-refractivity contribution in [2.24, 2.45) is 4.99 Å². The van der Waals surface area contributed by atoms with Crippen molar-refractivity contribution in [1.82, 2.24) is 0 Å². The van der Waals surface area contributed by atoms with Gasteiger partial charge in [0, 0.05) is 25.5 Å². The van der Waals surface area contributed by atoms with Crippen LogP contribution in [0.15, 0.2) is 35.3 Å². The Balaban J connectivity index is 2.09. The number of carbonyl (C=O) groups is 1.